The Morgan fingerprint density at radius 3 is 2.47 bits per heavy atom. The number of methoxy groups -OCH3 is 1. The molecule has 0 aromatic carbocycles. The first kappa shape index (κ1) is 14.3. The zero-order valence-electron chi connectivity index (χ0n) is 8.80. The van der Waals surface area contributed by atoms with Crippen molar-refractivity contribution in [3.05, 3.63) is 20.8 Å². The highest BCUT2D eigenvalue weighted by Gasteiger charge is 2.22. The summed E-state index contributed by atoms with van der Waals surface area (Å²) >= 11 is 4.32. The van der Waals surface area contributed by atoms with E-state index in [1.807, 2.05) is 0 Å². The van der Waals surface area contributed by atoms with Gasteiger partial charge in [-0.1, -0.05) is 0 Å². The third-order valence-corrected chi connectivity index (χ3v) is 4.81. The Bertz CT molecular complexity index is 531. The Balaban J connectivity index is 2.71. The second-order valence-corrected chi connectivity index (χ2v) is 7.66. The lowest BCUT2D eigenvalue weighted by Crippen LogP contribution is -2.24. The molecule has 0 saturated heterocycles. The average molecular weight is 341 g/mol. The van der Waals surface area contributed by atoms with Crippen molar-refractivity contribution in [2.45, 2.75) is 0 Å². The summed E-state index contributed by atoms with van der Waals surface area (Å²) in [7, 11) is -2.67. The minimum absolute atomic E-state index is 0.338. The molecule has 1 rings (SSSR count). The number of ether oxygens (including phenoxy) is 1. The van der Waals surface area contributed by atoms with Gasteiger partial charge in [-0.25, -0.2) is 8.42 Å². The van der Waals surface area contributed by atoms with Crippen molar-refractivity contribution in [3.63, 3.8) is 0 Å². The van der Waals surface area contributed by atoms with Gasteiger partial charge in [0.05, 0.1) is 15.8 Å². The fourth-order valence-corrected chi connectivity index (χ4v) is 3.57. The molecule has 0 bridgehead atoms. The predicted octanol–water partition coefficient (Wildman–Crippen LogP) is 1.28. The summed E-state index contributed by atoms with van der Waals surface area (Å²) in [6, 6.07) is 3.19. The van der Waals surface area contributed by atoms with E-state index in [0.717, 1.165) is 22.2 Å². The van der Waals surface area contributed by atoms with E-state index in [1.54, 1.807) is 6.07 Å². The number of ketones is 1. The number of rotatable bonds is 5. The van der Waals surface area contributed by atoms with Gasteiger partial charge in [0, 0.05) is 0 Å². The second-order valence-electron chi connectivity index (χ2n) is 3.14. The van der Waals surface area contributed by atoms with Gasteiger partial charge >= 0.3 is 5.97 Å². The van der Waals surface area contributed by atoms with Gasteiger partial charge in [-0.2, -0.15) is 0 Å². The molecule has 1 aromatic heterocycles. The van der Waals surface area contributed by atoms with Crippen molar-refractivity contribution in [2.75, 3.05) is 18.6 Å². The van der Waals surface area contributed by atoms with Crippen LogP contribution in [0.3, 0.4) is 0 Å². The molecule has 8 heteroatoms. The first-order valence-electron chi connectivity index (χ1n) is 4.40. The molecule has 0 N–H and O–H groups in total. The topological polar surface area (TPSA) is 77.5 Å². The monoisotopic (exact) mass is 340 g/mol. The van der Waals surface area contributed by atoms with Crippen LogP contribution in [0.15, 0.2) is 15.9 Å². The predicted molar refractivity (Wildman–Crippen MR) is 67.0 cm³/mol. The van der Waals surface area contributed by atoms with Gasteiger partial charge in [0.2, 0.25) is 0 Å². The number of hydrogen-bond donors (Lipinski definition) is 0. The van der Waals surface area contributed by atoms with Crippen LogP contribution in [-0.2, 0) is 19.4 Å². The smallest absolute Gasteiger partial charge is 0.320 e. The normalized spacial score (nSPS) is 11.2. The van der Waals surface area contributed by atoms with E-state index in [-0.39, 0.29) is 0 Å². The Kier molecular flexibility index (Phi) is 4.84. The molecule has 0 fully saturated rings. The number of halogens is 1. The number of hydrogen-bond acceptors (Lipinski definition) is 6. The average Bonchev–Trinajstić information content (AvgIpc) is 2.63. The summed E-state index contributed by atoms with van der Waals surface area (Å²) in [6.07, 6.45) is 0. The number of carbonyl (C=O) groups excluding carboxylic acids is 2. The maximum atomic E-state index is 11.6. The fraction of sp³-hybridized carbons (Fsp3) is 0.333. The first-order valence-corrected chi connectivity index (χ1v) is 7.83. The van der Waals surface area contributed by atoms with Gasteiger partial charge in [-0.15, -0.1) is 11.3 Å². The molecule has 1 heterocycles. The van der Waals surface area contributed by atoms with Gasteiger partial charge in [0.1, 0.15) is 11.5 Å². The van der Waals surface area contributed by atoms with E-state index < -0.39 is 33.1 Å². The zero-order chi connectivity index (χ0) is 13.1. The van der Waals surface area contributed by atoms with Crippen LogP contribution >= 0.6 is 27.3 Å². The molecule has 0 atom stereocenters. The summed E-state index contributed by atoms with van der Waals surface area (Å²) in [4.78, 5) is 22.8. The number of esters is 1. The third-order valence-electron chi connectivity index (χ3n) is 1.76. The highest BCUT2D eigenvalue weighted by atomic mass is 79.9. The molecule has 94 valence electrons. The zero-order valence-corrected chi connectivity index (χ0v) is 12.0. The third kappa shape index (κ3) is 4.57. The maximum Gasteiger partial charge on any atom is 0.320 e. The van der Waals surface area contributed by atoms with E-state index in [4.69, 9.17) is 0 Å². The lowest BCUT2D eigenvalue weighted by atomic mass is 10.4. The highest BCUT2D eigenvalue weighted by Crippen LogP contribution is 2.22. The molecular formula is C9H9BrO5S2. The van der Waals surface area contributed by atoms with Crippen LogP contribution in [0.1, 0.15) is 9.67 Å². The molecule has 5 nitrogen and oxygen atoms in total. The summed E-state index contributed by atoms with van der Waals surface area (Å²) in [5.74, 6) is -2.86. The molecule has 17 heavy (non-hydrogen) atoms. The van der Waals surface area contributed by atoms with Crippen molar-refractivity contribution in [1.82, 2.24) is 0 Å². The molecule has 0 aliphatic carbocycles. The number of Topliss-reactive ketones (excluding diaryl/α,β-unsaturated/α-hetero) is 1. The van der Waals surface area contributed by atoms with E-state index in [0.29, 0.717) is 4.88 Å². The molecule has 0 spiro atoms. The molecular weight excluding hydrogens is 332 g/mol. The van der Waals surface area contributed by atoms with E-state index in [1.165, 1.54) is 6.07 Å². The van der Waals surface area contributed by atoms with Crippen LogP contribution in [-0.4, -0.2) is 38.8 Å². The van der Waals surface area contributed by atoms with Crippen molar-refractivity contribution in [1.29, 1.82) is 0 Å². The van der Waals surface area contributed by atoms with Gasteiger partial charge in [0.15, 0.2) is 15.6 Å². The summed E-state index contributed by atoms with van der Waals surface area (Å²) in [5.41, 5.74) is 0. The van der Waals surface area contributed by atoms with E-state index in [9.17, 15) is 18.0 Å². The summed E-state index contributed by atoms with van der Waals surface area (Å²) in [6.45, 7) is 0. The van der Waals surface area contributed by atoms with Gasteiger partial charge in [0.25, 0.3) is 0 Å². The van der Waals surface area contributed by atoms with Crippen LogP contribution < -0.4 is 0 Å². The highest BCUT2D eigenvalue weighted by molar-refractivity contribution is 9.11. The van der Waals surface area contributed by atoms with Crippen LogP contribution in [0.5, 0.6) is 0 Å². The Morgan fingerprint density at radius 1 is 1.35 bits per heavy atom. The molecule has 0 saturated carbocycles. The van der Waals surface area contributed by atoms with E-state index in [2.05, 4.69) is 20.7 Å². The molecule has 0 unspecified atom stereocenters. The molecule has 1 aromatic rings. The van der Waals surface area contributed by atoms with Crippen molar-refractivity contribution < 1.29 is 22.7 Å². The van der Waals surface area contributed by atoms with Crippen LogP contribution in [0.4, 0.5) is 0 Å². The summed E-state index contributed by atoms with van der Waals surface area (Å²) < 4.78 is 27.9. The van der Waals surface area contributed by atoms with Crippen molar-refractivity contribution in [2.24, 2.45) is 0 Å². The molecule has 0 radical (unpaired) electrons. The lowest BCUT2D eigenvalue weighted by molar-refractivity contribution is -0.137. The fourth-order valence-electron chi connectivity index (χ4n) is 1.02. The quantitative estimate of drug-likeness (QED) is 0.596. The molecule has 0 amide bonds. The number of thiophene rings is 1. The van der Waals surface area contributed by atoms with Gasteiger partial charge < -0.3 is 4.74 Å². The van der Waals surface area contributed by atoms with Crippen molar-refractivity contribution >= 4 is 48.9 Å². The Labute approximate surface area is 111 Å². The second kappa shape index (κ2) is 5.74. The molecule has 0 aliphatic rings. The number of carbonyl (C=O) groups is 2. The van der Waals surface area contributed by atoms with E-state index >= 15 is 0 Å². The van der Waals surface area contributed by atoms with Crippen molar-refractivity contribution in [3.8, 4) is 0 Å². The van der Waals surface area contributed by atoms with Gasteiger partial charge in [-0.05, 0) is 28.1 Å². The minimum atomic E-state index is -3.76. The maximum absolute atomic E-state index is 11.6. The van der Waals surface area contributed by atoms with Crippen LogP contribution in [0.2, 0.25) is 0 Å². The Hall–Kier alpha value is -0.730. The first-order chi connectivity index (χ1) is 7.84. The standard InChI is InChI=1S/C9H9BrO5S2/c1-15-9(12)5-17(13,14)4-6(11)7-2-3-8(10)16-7/h2-3H,4-5H2,1H3. The SMILES string of the molecule is COC(=O)CS(=O)(=O)CC(=O)c1ccc(Br)s1. The van der Waals surface area contributed by atoms with Crippen LogP contribution in [0.25, 0.3) is 0 Å². The van der Waals surface area contributed by atoms with Crippen LogP contribution in [0, 0.1) is 0 Å². The van der Waals surface area contributed by atoms with Gasteiger partial charge in [-0.3, -0.25) is 9.59 Å². The molecule has 0 aliphatic heterocycles. The summed E-state index contributed by atoms with van der Waals surface area (Å²) in [5, 5.41) is 0. The largest absolute Gasteiger partial charge is 0.468 e. The number of sulfone groups is 1. The lowest BCUT2D eigenvalue weighted by Gasteiger charge is -2.01. The Morgan fingerprint density at radius 2 is 2.00 bits per heavy atom. The minimum Gasteiger partial charge on any atom is -0.468 e.